The molecule has 1 aromatic heterocycles. The second-order valence-electron chi connectivity index (χ2n) is 3.08. The average molecular weight is 329 g/mol. The van der Waals surface area contributed by atoms with Gasteiger partial charge in [-0.05, 0) is 21.3 Å². The molecule has 0 fully saturated rings. The van der Waals surface area contributed by atoms with Gasteiger partial charge in [0.05, 0.1) is 5.56 Å². The summed E-state index contributed by atoms with van der Waals surface area (Å²) in [7, 11) is 0. The molecule has 7 heteroatoms. The molecule has 0 saturated carbocycles. The SMILES string of the molecule is Fc1c(F)c(F)c(-c2cscc2Br)c(F)c1F. The number of hydrogen-bond acceptors (Lipinski definition) is 1. The van der Waals surface area contributed by atoms with E-state index in [9.17, 15) is 22.0 Å². The summed E-state index contributed by atoms with van der Waals surface area (Å²) < 4.78 is 65.8. The van der Waals surface area contributed by atoms with Crippen LogP contribution in [0.1, 0.15) is 0 Å². The minimum absolute atomic E-state index is 0.0669. The van der Waals surface area contributed by atoms with E-state index in [1.54, 1.807) is 0 Å². The van der Waals surface area contributed by atoms with Crippen molar-refractivity contribution in [2.45, 2.75) is 0 Å². The first kappa shape index (κ1) is 12.5. The van der Waals surface area contributed by atoms with Crippen LogP contribution in [0.3, 0.4) is 0 Å². The third kappa shape index (κ3) is 1.87. The van der Waals surface area contributed by atoms with Crippen molar-refractivity contribution in [3.63, 3.8) is 0 Å². The lowest BCUT2D eigenvalue weighted by Crippen LogP contribution is -2.03. The van der Waals surface area contributed by atoms with Crippen molar-refractivity contribution in [1.29, 1.82) is 0 Å². The van der Waals surface area contributed by atoms with Gasteiger partial charge in [0.1, 0.15) is 0 Å². The van der Waals surface area contributed by atoms with E-state index in [2.05, 4.69) is 15.9 Å². The zero-order valence-electron chi connectivity index (χ0n) is 7.83. The van der Waals surface area contributed by atoms with Crippen LogP contribution in [-0.4, -0.2) is 0 Å². The lowest BCUT2D eigenvalue weighted by atomic mass is 10.1. The predicted octanol–water partition coefficient (Wildman–Crippen LogP) is 4.87. The summed E-state index contributed by atoms with van der Waals surface area (Å²) in [5.74, 6) is -9.72. The van der Waals surface area contributed by atoms with Crippen LogP contribution >= 0.6 is 27.3 Å². The zero-order valence-corrected chi connectivity index (χ0v) is 10.2. The van der Waals surface area contributed by atoms with Gasteiger partial charge in [-0.15, -0.1) is 0 Å². The summed E-state index contributed by atoms with van der Waals surface area (Å²) in [4.78, 5) is 0. The van der Waals surface area contributed by atoms with Crippen LogP contribution in [-0.2, 0) is 0 Å². The van der Waals surface area contributed by atoms with E-state index >= 15 is 0 Å². The third-order valence-corrected chi connectivity index (χ3v) is 3.80. The van der Waals surface area contributed by atoms with Crippen LogP contribution in [0.2, 0.25) is 0 Å². The standard InChI is InChI=1S/C10H2BrF5S/c11-4-2-17-1-3(4)5-6(12)8(14)10(16)9(15)7(5)13/h1-2H. The van der Waals surface area contributed by atoms with E-state index in [0.717, 1.165) is 11.3 Å². The molecule has 0 bridgehead atoms. The quantitative estimate of drug-likeness (QED) is 0.398. The molecular weight excluding hydrogens is 327 g/mol. The summed E-state index contributed by atoms with van der Waals surface area (Å²) in [6, 6.07) is 0. The maximum absolute atomic E-state index is 13.4. The van der Waals surface area contributed by atoms with E-state index < -0.39 is 34.6 Å². The van der Waals surface area contributed by atoms with E-state index in [1.807, 2.05) is 0 Å². The number of halogens is 6. The lowest BCUT2D eigenvalue weighted by Gasteiger charge is -2.07. The second kappa shape index (κ2) is 4.38. The van der Waals surface area contributed by atoms with Crippen LogP contribution in [0.5, 0.6) is 0 Å². The topological polar surface area (TPSA) is 0 Å². The molecule has 0 nitrogen and oxygen atoms in total. The Morgan fingerprint density at radius 2 is 1.24 bits per heavy atom. The summed E-state index contributed by atoms with van der Waals surface area (Å²) >= 11 is 4.05. The first-order valence-corrected chi connectivity index (χ1v) is 5.92. The molecule has 17 heavy (non-hydrogen) atoms. The van der Waals surface area contributed by atoms with Gasteiger partial charge in [-0.2, -0.15) is 11.3 Å². The van der Waals surface area contributed by atoms with E-state index in [0.29, 0.717) is 0 Å². The van der Waals surface area contributed by atoms with E-state index in [1.165, 1.54) is 10.8 Å². The van der Waals surface area contributed by atoms with Crippen molar-refractivity contribution in [3.05, 3.63) is 44.3 Å². The number of benzene rings is 1. The molecule has 0 spiro atoms. The van der Waals surface area contributed by atoms with Crippen molar-refractivity contribution in [3.8, 4) is 11.1 Å². The number of thiophene rings is 1. The predicted molar refractivity (Wildman–Crippen MR) is 57.2 cm³/mol. The van der Waals surface area contributed by atoms with E-state index in [4.69, 9.17) is 0 Å². The molecule has 0 aliphatic heterocycles. The fraction of sp³-hybridized carbons (Fsp3) is 0. The Morgan fingerprint density at radius 3 is 1.65 bits per heavy atom. The van der Waals surface area contributed by atoms with Gasteiger partial charge in [-0.25, -0.2) is 22.0 Å². The Kier molecular flexibility index (Phi) is 3.22. The van der Waals surface area contributed by atoms with Crippen molar-refractivity contribution in [1.82, 2.24) is 0 Å². The maximum atomic E-state index is 13.4. The molecule has 1 aromatic carbocycles. The first-order chi connectivity index (χ1) is 7.95. The van der Waals surface area contributed by atoms with Crippen LogP contribution in [0, 0.1) is 29.1 Å². The van der Waals surface area contributed by atoms with Gasteiger partial charge in [0, 0.05) is 15.4 Å². The molecule has 0 atom stereocenters. The Balaban J connectivity index is 2.84. The lowest BCUT2D eigenvalue weighted by molar-refractivity contribution is 0.381. The van der Waals surface area contributed by atoms with Gasteiger partial charge in [-0.3, -0.25) is 0 Å². The molecule has 0 radical (unpaired) electrons. The van der Waals surface area contributed by atoms with E-state index in [-0.39, 0.29) is 10.0 Å². The van der Waals surface area contributed by atoms with Crippen molar-refractivity contribution < 1.29 is 22.0 Å². The van der Waals surface area contributed by atoms with Crippen LogP contribution in [0.15, 0.2) is 15.2 Å². The Labute approximate surface area is 105 Å². The fourth-order valence-electron chi connectivity index (χ4n) is 1.30. The van der Waals surface area contributed by atoms with Crippen molar-refractivity contribution in [2.24, 2.45) is 0 Å². The molecule has 2 aromatic rings. The minimum atomic E-state index is -2.16. The van der Waals surface area contributed by atoms with Crippen molar-refractivity contribution in [2.75, 3.05) is 0 Å². The van der Waals surface area contributed by atoms with Gasteiger partial charge < -0.3 is 0 Å². The summed E-state index contributed by atoms with van der Waals surface area (Å²) in [5.41, 5.74) is -0.989. The molecule has 0 saturated heterocycles. The highest BCUT2D eigenvalue weighted by molar-refractivity contribution is 9.10. The molecule has 0 aliphatic rings. The molecule has 2 rings (SSSR count). The Hall–Kier alpha value is -0.950. The van der Waals surface area contributed by atoms with Gasteiger partial charge in [0.15, 0.2) is 23.3 Å². The average Bonchev–Trinajstić information content (AvgIpc) is 2.71. The smallest absolute Gasteiger partial charge is 0.200 e. The van der Waals surface area contributed by atoms with Gasteiger partial charge in [0.2, 0.25) is 5.82 Å². The highest BCUT2D eigenvalue weighted by atomic mass is 79.9. The highest BCUT2D eigenvalue weighted by Crippen LogP contribution is 2.37. The number of hydrogen-bond donors (Lipinski definition) is 0. The van der Waals surface area contributed by atoms with Crippen LogP contribution < -0.4 is 0 Å². The molecule has 0 aliphatic carbocycles. The Bertz CT molecular complexity index is 564. The molecule has 0 amide bonds. The Morgan fingerprint density at radius 1 is 0.765 bits per heavy atom. The van der Waals surface area contributed by atoms with Gasteiger partial charge >= 0.3 is 0 Å². The van der Waals surface area contributed by atoms with Crippen molar-refractivity contribution >= 4 is 27.3 Å². The third-order valence-electron chi connectivity index (χ3n) is 2.09. The normalized spacial score (nSPS) is 10.9. The largest absolute Gasteiger partial charge is 0.203 e. The molecule has 1 heterocycles. The van der Waals surface area contributed by atoms with Gasteiger partial charge in [-0.1, -0.05) is 0 Å². The van der Waals surface area contributed by atoms with Gasteiger partial charge in [0.25, 0.3) is 0 Å². The van der Waals surface area contributed by atoms with Crippen LogP contribution in [0.25, 0.3) is 11.1 Å². The minimum Gasteiger partial charge on any atom is -0.203 e. The zero-order chi connectivity index (χ0) is 12.7. The highest BCUT2D eigenvalue weighted by Gasteiger charge is 2.27. The summed E-state index contributed by atoms with van der Waals surface area (Å²) in [6.07, 6.45) is 0. The fourth-order valence-corrected chi connectivity index (χ4v) is 2.78. The first-order valence-electron chi connectivity index (χ1n) is 4.18. The molecule has 0 unspecified atom stereocenters. The molecule has 90 valence electrons. The molecule has 0 N–H and O–H groups in total. The second-order valence-corrected chi connectivity index (χ2v) is 4.68. The molecular formula is C10H2BrF5S. The summed E-state index contributed by atoms with van der Waals surface area (Å²) in [6.45, 7) is 0. The number of rotatable bonds is 1. The monoisotopic (exact) mass is 328 g/mol. The maximum Gasteiger partial charge on any atom is 0.200 e. The van der Waals surface area contributed by atoms with Crippen LogP contribution in [0.4, 0.5) is 22.0 Å². The summed E-state index contributed by atoms with van der Waals surface area (Å²) in [5, 5.41) is 2.77.